The molecular weight excluding hydrogens is 248 g/mol. The van der Waals surface area contributed by atoms with Crippen molar-refractivity contribution in [2.24, 2.45) is 0 Å². The minimum atomic E-state index is -0.688. The Morgan fingerprint density at radius 3 is 2.68 bits per heavy atom. The van der Waals surface area contributed by atoms with Gasteiger partial charge in [0.1, 0.15) is 0 Å². The van der Waals surface area contributed by atoms with Crippen molar-refractivity contribution in [2.75, 3.05) is 13.1 Å². The molecule has 3 N–H and O–H groups in total. The maximum absolute atomic E-state index is 11.4. The number of aromatic nitrogens is 1. The molecule has 102 valence electrons. The Bertz CT molecular complexity index is 422. The van der Waals surface area contributed by atoms with Crippen LogP contribution in [-0.4, -0.2) is 36.3 Å². The maximum Gasteiger partial charge on any atom is 0.309 e. The van der Waals surface area contributed by atoms with Crippen molar-refractivity contribution in [1.29, 1.82) is 0 Å². The monoisotopic (exact) mass is 264 g/mol. The van der Waals surface area contributed by atoms with Crippen LogP contribution in [0.1, 0.15) is 12.0 Å². The van der Waals surface area contributed by atoms with Crippen LogP contribution in [0, 0.1) is 0 Å². The summed E-state index contributed by atoms with van der Waals surface area (Å²) in [6.45, 7) is 1.05. The zero-order chi connectivity index (χ0) is 13.9. The van der Waals surface area contributed by atoms with Crippen molar-refractivity contribution >= 4 is 18.2 Å². The van der Waals surface area contributed by atoms with E-state index in [2.05, 4.69) is 20.9 Å². The summed E-state index contributed by atoms with van der Waals surface area (Å²) in [6.07, 6.45) is 4.40. The van der Waals surface area contributed by atoms with Gasteiger partial charge in [-0.25, -0.2) is 0 Å². The molecule has 0 fully saturated rings. The zero-order valence-corrected chi connectivity index (χ0v) is 10.4. The average Bonchev–Trinajstić information content (AvgIpc) is 2.45. The van der Waals surface area contributed by atoms with Gasteiger partial charge in [-0.15, -0.1) is 0 Å². The number of hydrogen-bond donors (Lipinski definition) is 3. The largest absolute Gasteiger partial charge is 0.359 e. The number of amides is 3. The Labute approximate surface area is 110 Å². The zero-order valence-electron chi connectivity index (χ0n) is 10.4. The number of carbonyl (C=O) groups is 3. The molecule has 7 heteroatoms. The van der Waals surface area contributed by atoms with Crippen LogP contribution in [0.15, 0.2) is 24.5 Å². The van der Waals surface area contributed by atoms with Crippen LogP contribution in [-0.2, 0) is 20.9 Å². The molecule has 0 radical (unpaired) electrons. The van der Waals surface area contributed by atoms with E-state index in [4.69, 9.17) is 0 Å². The molecule has 0 aliphatic rings. The van der Waals surface area contributed by atoms with Crippen LogP contribution in [0.5, 0.6) is 0 Å². The van der Waals surface area contributed by atoms with E-state index < -0.39 is 11.8 Å². The number of hydrogen-bond acceptors (Lipinski definition) is 4. The first kappa shape index (κ1) is 14.6. The topological polar surface area (TPSA) is 100 Å². The van der Waals surface area contributed by atoms with E-state index in [-0.39, 0.29) is 6.54 Å². The predicted molar refractivity (Wildman–Crippen MR) is 67.8 cm³/mol. The number of carbonyl (C=O) groups excluding carboxylic acids is 3. The van der Waals surface area contributed by atoms with E-state index in [0.717, 1.165) is 5.56 Å². The van der Waals surface area contributed by atoms with Gasteiger partial charge < -0.3 is 16.0 Å². The lowest BCUT2D eigenvalue weighted by Crippen LogP contribution is -2.40. The number of nitrogens with one attached hydrogen (secondary N) is 3. The van der Waals surface area contributed by atoms with E-state index in [1.165, 1.54) is 0 Å². The van der Waals surface area contributed by atoms with Crippen LogP contribution in [0.2, 0.25) is 0 Å². The van der Waals surface area contributed by atoms with E-state index in [1.54, 1.807) is 24.5 Å². The summed E-state index contributed by atoms with van der Waals surface area (Å²) >= 11 is 0. The van der Waals surface area contributed by atoms with E-state index in [9.17, 15) is 14.4 Å². The highest BCUT2D eigenvalue weighted by Crippen LogP contribution is 1.93. The lowest BCUT2D eigenvalue weighted by atomic mass is 10.3. The predicted octanol–water partition coefficient (Wildman–Crippen LogP) is -1.05. The fourth-order valence-electron chi connectivity index (χ4n) is 1.30. The number of pyridine rings is 1. The maximum atomic E-state index is 11.4. The SMILES string of the molecule is O=CNCCCNC(=O)C(=O)NCc1cccnc1. The van der Waals surface area contributed by atoms with E-state index in [0.29, 0.717) is 25.9 Å². The first-order valence-corrected chi connectivity index (χ1v) is 5.86. The van der Waals surface area contributed by atoms with Gasteiger partial charge in [-0.05, 0) is 18.1 Å². The molecule has 0 aliphatic heterocycles. The molecule has 0 aromatic carbocycles. The summed E-state index contributed by atoms with van der Waals surface area (Å²) in [5.41, 5.74) is 0.818. The third-order valence-corrected chi connectivity index (χ3v) is 2.25. The second kappa shape index (κ2) is 8.62. The Balaban J connectivity index is 2.18. The lowest BCUT2D eigenvalue weighted by Gasteiger charge is -2.06. The molecule has 19 heavy (non-hydrogen) atoms. The van der Waals surface area contributed by atoms with E-state index >= 15 is 0 Å². The van der Waals surface area contributed by atoms with Gasteiger partial charge >= 0.3 is 11.8 Å². The molecule has 0 bridgehead atoms. The molecule has 0 aliphatic carbocycles. The quantitative estimate of drug-likeness (QED) is 0.332. The molecule has 1 aromatic rings. The van der Waals surface area contributed by atoms with Gasteiger partial charge in [-0.2, -0.15) is 0 Å². The molecule has 0 saturated heterocycles. The molecule has 1 rings (SSSR count). The number of rotatable bonds is 7. The van der Waals surface area contributed by atoms with Crippen molar-refractivity contribution < 1.29 is 14.4 Å². The molecule has 1 aromatic heterocycles. The molecule has 3 amide bonds. The highest BCUT2D eigenvalue weighted by Gasteiger charge is 2.11. The van der Waals surface area contributed by atoms with Crippen LogP contribution in [0.25, 0.3) is 0 Å². The molecular formula is C12H16N4O3. The molecule has 0 saturated carbocycles. The fraction of sp³-hybridized carbons (Fsp3) is 0.333. The number of nitrogens with zero attached hydrogens (tertiary/aromatic N) is 1. The standard InChI is InChI=1S/C12H16N4O3/c17-9-14-5-2-6-15-11(18)12(19)16-8-10-3-1-4-13-7-10/h1,3-4,7,9H,2,5-6,8H2,(H,14,17)(H,15,18)(H,16,19). The van der Waals surface area contributed by atoms with Crippen molar-refractivity contribution in [3.8, 4) is 0 Å². The third-order valence-electron chi connectivity index (χ3n) is 2.25. The van der Waals surface area contributed by atoms with Crippen molar-refractivity contribution in [2.45, 2.75) is 13.0 Å². The fourth-order valence-corrected chi connectivity index (χ4v) is 1.30. The second-order valence-corrected chi connectivity index (χ2v) is 3.73. The van der Waals surface area contributed by atoms with Gasteiger partial charge in [0.25, 0.3) is 0 Å². The summed E-state index contributed by atoms with van der Waals surface area (Å²) in [4.78, 5) is 36.6. The molecule has 0 spiro atoms. The van der Waals surface area contributed by atoms with Crippen molar-refractivity contribution in [1.82, 2.24) is 20.9 Å². The Kier molecular flexibility index (Phi) is 6.63. The van der Waals surface area contributed by atoms with E-state index in [1.807, 2.05) is 0 Å². The second-order valence-electron chi connectivity index (χ2n) is 3.73. The first-order chi connectivity index (χ1) is 9.24. The molecule has 7 nitrogen and oxygen atoms in total. The minimum Gasteiger partial charge on any atom is -0.359 e. The third kappa shape index (κ3) is 6.16. The van der Waals surface area contributed by atoms with Gasteiger partial charge in [-0.1, -0.05) is 6.07 Å². The van der Waals surface area contributed by atoms with Gasteiger partial charge in [0.05, 0.1) is 0 Å². The molecule has 0 atom stereocenters. The summed E-state index contributed by atoms with van der Waals surface area (Å²) in [5, 5.41) is 7.40. The minimum absolute atomic E-state index is 0.257. The first-order valence-electron chi connectivity index (χ1n) is 5.86. The Morgan fingerprint density at radius 2 is 2.00 bits per heavy atom. The summed E-state index contributed by atoms with van der Waals surface area (Å²) < 4.78 is 0. The smallest absolute Gasteiger partial charge is 0.309 e. The summed E-state index contributed by atoms with van der Waals surface area (Å²) in [7, 11) is 0. The van der Waals surface area contributed by atoms with Crippen molar-refractivity contribution in [3.63, 3.8) is 0 Å². The lowest BCUT2D eigenvalue weighted by molar-refractivity contribution is -0.139. The summed E-state index contributed by atoms with van der Waals surface area (Å²) in [6, 6.07) is 3.55. The normalized spacial score (nSPS) is 9.47. The molecule has 0 unspecified atom stereocenters. The van der Waals surface area contributed by atoms with Crippen molar-refractivity contribution in [3.05, 3.63) is 30.1 Å². The van der Waals surface area contributed by atoms with Crippen LogP contribution < -0.4 is 16.0 Å². The Hall–Kier alpha value is -2.44. The summed E-state index contributed by atoms with van der Waals surface area (Å²) in [5.74, 6) is -1.37. The highest BCUT2D eigenvalue weighted by molar-refractivity contribution is 6.35. The average molecular weight is 264 g/mol. The van der Waals surface area contributed by atoms with Crippen LogP contribution in [0.3, 0.4) is 0 Å². The van der Waals surface area contributed by atoms with Crippen LogP contribution in [0.4, 0.5) is 0 Å². The van der Waals surface area contributed by atoms with Gasteiger partial charge in [0.2, 0.25) is 6.41 Å². The van der Waals surface area contributed by atoms with Gasteiger partial charge in [-0.3, -0.25) is 19.4 Å². The van der Waals surface area contributed by atoms with Gasteiger partial charge in [0, 0.05) is 32.0 Å². The molecule has 1 heterocycles. The highest BCUT2D eigenvalue weighted by atomic mass is 16.2. The Morgan fingerprint density at radius 1 is 1.21 bits per heavy atom. The van der Waals surface area contributed by atoms with Gasteiger partial charge in [0.15, 0.2) is 0 Å². The van der Waals surface area contributed by atoms with Crippen LogP contribution >= 0.6 is 0 Å².